The summed E-state index contributed by atoms with van der Waals surface area (Å²) in [5.74, 6) is 0.356. The average molecular weight is 125 g/mol. The summed E-state index contributed by atoms with van der Waals surface area (Å²) in [7, 11) is 0. The van der Waals surface area contributed by atoms with Gasteiger partial charge in [-0.2, -0.15) is 0 Å². The number of dihydropyridines is 1. The van der Waals surface area contributed by atoms with E-state index in [0.29, 0.717) is 5.92 Å². The summed E-state index contributed by atoms with van der Waals surface area (Å²) in [6, 6.07) is 0. The van der Waals surface area contributed by atoms with Gasteiger partial charge in [-0.1, -0.05) is 25.2 Å². The Morgan fingerprint density at radius 1 is 1.75 bits per heavy atom. The molecule has 0 saturated heterocycles. The van der Waals surface area contributed by atoms with Gasteiger partial charge in [0, 0.05) is 12.1 Å². The number of aliphatic imine (C=N–C) groups is 1. The third kappa shape index (κ3) is 1.01. The zero-order chi connectivity index (χ0) is 5.98. The minimum atomic E-state index is 0.356. The van der Waals surface area contributed by atoms with Crippen molar-refractivity contribution in [3.63, 3.8) is 0 Å². The summed E-state index contributed by atoms with van der Waals surface area (Å²) in [6.45, 7) is 2.04. The number of hydrogen-bond donors (Lipinski definition) is 0. The van der Waals surface area contributed by atoms with Crippen molar-refractivity contribution in [1.29, 1.82) is 0 Å². The summed E-state index contributed by atoms with van der Waals surface area (Å²) in [5.41, 5.74) is 0. The van der Waals surface area contributed by atoms with E-state index in [1.807, 2.05) is 19.1 Å². The number of nitrogens with zero attached hydrogens (tertiary/aromatic N) is 1. The van der Waals surface area contributed by atoms with Crippen LogP contribution in [0.5, 0.6) is 0 Å². The molecule has 0 spiro atoms. The maximum atomic E-state index is 4.88. The van der Waals surface area contributed by atoms with Crippen molar-refractivity contribution in [1.82, 2.24) is 0 Å². The minimum absolute atomic E-state index is 0.356. The molecule has 0 aromatic heterocycles. The van der Waals surface area contributed by atoms with Gasteiger partial charge in [-0.15, -0.1) is 0 Å². The fraction of sp³-hybridized carbons (Fsp3) is 0.333. The Hall–Kier alpha value is -0.500. The molecule has 0 N–H and O–H groups in total. The van der Waals surface area contributed by atoms with E-state index >= 15 is 0 Å². The van der Waals surface area contributed by atoms with Crippen LogP contribution in [0.3, 0.4) is 0 Å². The smallest absolute Gasteiger partial charge is 0.109 e. The number of thiocarbonyl (C=S) groups is 1. The van der Waals surface area contributed by atoms with Crippen molar-refractivity contribution in [3.05, 3.63) is 12.2 Å². The van der Waals surface area contributed by atoms with Crippen LogP contribution in [0.25, 0.3) is 0 Å². The SMILES string of the molecule is CC1C=CC=NC1=S. The highest BCUT2D eigenvalue weighted by molar-refractivity contribution is 7.80. The van der Waals surface area contributed by atoms with Gasteiger partial charge in [0.2, 0.25) is 0 Å². The van der Waals surface area contributed by atoms with Crippen LogP contribution in [0.1, 0.15) is 6.92 Å². The third-order valence-corrected chi connectivity index (χ3v) is 1.55. The first-order chi connectivity index (χ1) is 3.80. The molecular formula is C6H7NS. The van der Waals surface area contributed by atoms with Crippen LogP contribution in [-0.4, -0.2) is 11.2 Å². The van der Waals surface area contributed by atoms with E-state index in [-0.39, 0.29) is 0 Å². The van der Waals surface area contributed by atoms with Crippen LogP contribution >= 0.6 is 12.2 Å². The van der Waals surface area contributed by atoms with Gasteiger partial charge in [0.1, 0.15) is 4.99 Å². The molecule has 0 radical (unpaired) electrons. The van der Waals surface area contributed by atoms with E-state index < -0.39 is 0 Å². The Morgan fingerprint density at radius 3 is 2.88 bits per heavy atom. The van der Waals surface area contributed by atoms with Gasteiger partial charge in [-0.25, -0.2) is 4.99 Å². The lowest BCUT2D eigenvalue weighted by Gasteiger charge is -2.04. The quantitative estimate of drug-likeness (QED) is 0.448. The summed E-state index contributed by atoms with van der Waals surface area (Å²) in [5, 5.41) is 0. The first-order valence-corrected chi connectivity index (χ1v) is 2.96. The van der Waals surface area contributed by atoms with Gasteiger partial charge in [0.25, 0.3) is 0 Å². The van der Waals surface area contributed by atoms with E-state index in [1.54, 1.807) is 6.21 Å². The standard InChI is InChI=1S/C6H7NS/c1-5-3-2-4-7-6(5)8/h2-5H,1H3. The van der Waals surface area contributed by atoms with Gasteiger partial charge < -0.3 is 0 Å². The van der Waals surface area contributed by atoms with Crippen molar-refractivity contribution < 1.29 is 0 Å². The third-order valence-electron chi connectivity index (χ3n) is 1.08. The molecule has 1 aliphatic heterocycles. The molecule has 2 heteroatoms. The van der Waals surface area contributed by atoms with Gasteiger partial charge in [0.05, 0.1) is 0 Å². The average Bonchev–Trinajstić information content (AvgIpc) is 1.77. The Balaban J connectivity index is 2.74. The molecule has 0 bridgehead atoms. The molecule has 0 aliphatic carbocycles. The lowest BCUT2D eigenvalue weighted by atomic mass is 10.1. The zero-order valence-electron chi connectivity index (χ0n) is 4.66. The first kappa shape index (κ1) is 5.63. The molecule has 0 saturated carbocycles. The molecule has 0 aromatic rings. The lowest BCUT2D eigenvalue weighted by molar-refractivity contribution is 1.00. The van der Waals surface area contributed by atoms with Crippen molar-refractivity contribution in [3.8, 4) is 0 Å². The Labute approximate surface area is 54.1 Å². The van der Waals surface area contributed by atoms with E-state index in [0.717, 1.165) is 4.99 Å². The van der Waals surface area contributed by atoms with Gasteiger partial charge in [-0.05, 0) is 6.08 Å². The first-order valence-electron chi connectivity index (χ1n) is 2.55. The molecule has 42 valence electrons. The molecule has 1 atom stereocenters. The van der Waals surface area contributed by atoms with Crippen LogP contribution in [-0.2, 0) is 0 Å². The van der Waals surface area contributed by atoms with Crippen molar-refractivity contribution in [2.45, 2.75) is 6.92 Å². The number of rotatable bonds is 0. The normalized spacial score (nSPS) is 26.6. The van der Waals surface area contributed by atoms with Gasteiger partial charge in [0.15, 0.2) is 0 Å². The van der Waals surface area contributed by atoms with Gasteiger partial charge >= 0.3 is 0 Å². The van der Waals surface area contributed by atoms with Crippen molar-refractivity contribution in [2.75, 3.05) is 0 Å². The Kier molecular flexibility index (Phi) is 1.53. The number of allylic oxidation sites excluding steroid dienone is 1. The maximum Gasteiger partial charge on any atom is 0.109 e. The van der Waals surface area contributed by atoms with Crippen molar-refractivity contribution >= 4 is 23.4 Å². The molecule has 1 rings (SSSR count). The molecule has 0 fully saturated rings. The lowest BCUT2D eigenvalue weighted by Crippen LogP contribution is -2.05. The predicted molar refractivity (Wildman–Crippen MR) is 39.4 cm³/mol. The maximum absolute atomic E-state index is 4.88. The van der Waals surface area contributed by atoms with Crippen LogP contribution in [0.2, 0.25) is 0 Å². The Bertz CT molecular complexity index is 158. The minimum Gasteiger partial charge on any atom is -0.249 e. The summed E-state index contributed by atoms with van der Waals surface area (Å²) >= 11 is 4.88. The fourth-order valence-electron chi connectivity index (χ4n) is 0.533. The van der Waals surface area contributed by atoms with Crippen LogP contribution < -0.4 is 0 Å². The summed E-state index contributed by atoms with van der Waals surface area (Å²) < 4.78 is 0. The second-order valence-electron chi connectivity index (χ2n) is 1.79. The monoisotopic (exact) mass is 125 g/mol. The highest BCUT2D eigenvalue weighted by Crippen LogP contribution is 2.04. The molecule has 1 heterocycles. The molecule has 8 heavy (non-hydrogen) atoms. The molecule has 1 aliphatic rings. The van der Waals surface area contributed by atoms with E-state index in [4.69, 9.17) is 12.2 Å². The second-order valence-corrected chi connectivity index (χ2v) is 2.21. The largest absolute Gasteiger partial charge is 0.249 e. The van der Waals surface area contributed by atoms with Gasteiger partial charge in [-0.3, -0.25) is 0 Å². The second kappa shape index (κ2) is 2.18. The molecular weight excluding hydrogens is 118 g/mol. The van der Waals surface area contributed by atoms with E-state index in [2.05, 4.69) is 4.99 Å². The fourth-order valence-corrected chi connectivity index (χ4v) is 0.672. The number of hydrogen-bond acceptors (Lipinski definition) is 1. The molecule has 0 amide bonds. The van der Waals surface area contributed by atoms with Crippen LogP contribution in [0.15, 0.2) is 17.1 Å². The summed E-state index contributed by atoms with van der Waals surface area (Å²) in [4.78, 5) is 4.72. The van der Waals surface area contributed by atoms with E-state index in [9.17, 15) is 0 Å². The summed E-state index contributed by atoms with van der Waals surface area (Å²) in [6.07, 6.45) is 5.68. The van der Waals surface area contributed by atoms with E-state index in [1.165, 1.54) is 0 Å². The van der Waals surface area contributed by atoms with Crippen LogP contribution in [0, 0.1) is 5.92 Å². The van der Waals surface area contributed by atoms with Crippen molar-refractivity contribution in [2.24, 2.45) is 10.9 Å². The zero-order valence-corrected chi connectivity index (χ0v) is 5.48. The highest BCUT2D eigenvalue weighted by Gasteiger charge is 2.03. The topological polar surface area (TPSA) is 12.4 Å². The predicted octanol–water partition coefficient (Wildman–Crippen LogP) is 1.59. The van der Waals surface area contributed by atoms with Crippen LogP contribution in [0.4, 0.5) is 0 Å². The molecule has 1 nitrogen and oxygen atoms in total. The Morgan fingerprint density at radius 2 is 2.50 bits per heavy atom. The highest BCUT2D eigenvalue weighted by atomic mass is 32.1. The molecule has 1 unspecified atom stereocenters. The molecule has 0 aromatic carbocycles.